The quantitative estimate of drug-likeness (QED) is 0.395. The molecule has 0 bridgehead atoms. The Morgan fingerprint density at radius 2 is 1.94 bits per heavy atom. The first-order valence-corrected chi connectivity index (χ1v) is 13.1. The van der Waals surface area contributed by atoms with Gasteiger partial charge in [-0.2, -0.15) is 4.99 Å². The van der Waals surface area contributed by atoms with Crippen molar-refractivity contribution in [2.45, 2.75) is 32.1 Å². The van der Waals surface area contributed by atoms with Crippen LogP contribution in [0.1, 0.15) is 25.3 Å². The molecular formula is C23H28N2O5S2. The molecule has 0 saturated heterocycles. The van der Waals surface area contributed by atoms with Gasteiger partial charge in [0.15, 0.2) is 14.6 Å². The molecule has 2 aromatic carbocycles. The number of nitrogens with zero attached hydrogens (tertiary/aromatic N) is 2. The highest BCUT2D eigenvalue weighted by atomic mass is 32.2. The average molecular weight is 477 g/mol. The molecule has 0 aliphatic carbocycles. The molecule has 1 aromatic heterocycles. The zero-order chi connectivity index (χ0) is 23.0. The normalized spacial score (nSPS) is 12.4. The van der Waals surface area contributed by atoms with E-state index in [2.05, 4.69) is 4.99 Å². The minimum atomic E-state index is -3.28. The molecule has 32 heavy (non-hydrogen) atoms. The van der Waals surface area contributed by atoms with Gasteiger partial charge in [0.25, 0.3) is 0 Å². The number of amides is 1. The van der Waals surface area contributed by atoms with Gasteiger partial charge in [-0.05, 0) is 37.1 Å². The second-order valence-electron chi connectivity index (χ2n) is 7.25. The molecule has 1 amide bonds. The second-order valence-corrected chi connectivity index (χ2v) is 10.4. The monoisotopic (exact) mass is 476 g/mol. The Kier molecular flexibility index (Phi) is 8.60. The highest BCUT2D eigenvalue weighted by molar-refractivity contribution is 7.90. The third-order valence-corrected chi connectivity index (χ3v) is 7.57. The highest BCUT2D eigenvalue weighted by Crippen LogP contribution is 2.23. The lowest BCUT2D eigenvalue weighted by Gasteiger charge is -2.06. The van der Waals surface area contributed by atoms with Gasteiger partial charge in [0.2, 0.25) is 5.91 Å². The number of carbonyl (C=O) groups is 1. The van der Waals surface area contributed by atoms with E-state index in [1.54, 1.807) is 19.2 Å². The van der Waals surface area contributed by atoms with Crippen LogP contribution in [-0.4, -0.2) is 45.0 Å². The number of aromatic nitrogens is 1. The Morgan fingerprint density at radius 3 is 2.66 bits per heavy atom. The Labute approximate surface area is 192 Å². The standard InChI is InChI=1S/C23H28N2O5S2/c1-3-30-14-13-25-20-12-11-19(29-2)16-21(20)31-23(25)24-22(26)10-7-15-32(27,28)17-18-8-5-4-6-9-18/h4-6,8-9,11-12,16H,3,7,10,13-15,17H2,1-2H3. The van der Waals surface area contributed by atoms with Gasteiger partial charge >= 0.3 is 0 Å². The van der Waals surface area contributed by atoms with Crippen molar-refractivity contribution >= 4 is 37.3 Å². The summed E-state index contributed by atoms with van der Waals surface area (Å²) in [6, 6.07) is 14.8. The lowest BCUT2D eigenvalue weighted by Crippen LogP contribution is -2.20. The lowest BCUT2D eigenvalue weighted by molar-refractivity contribution is -0.118. The second kappa shape index (κ2) is 11.4. The molecule has 0 saturated carbocycles. The first-order valence-electron chi connectivity index (χ1n) is 10.5. The fourth-order valence-electron chi connectivity index (χ4n) is 3.29. The largest absolute Gasteiger partial charge is 0.497 e. The van der Waals surface area contributed by atoms with Crippen molar-refractivity contribution in [2.75, 3.05) is 26.1 Å². The summed E-state index contributed by atoms with van der Waals surface area (Å²) in [5.74, 6) is 0.340. The Morgan fingerprint density at radius 1 is 1.16 bits per heavy atom. The Hall–Kier alpha value is -2.49. The van der Waals surface area contributed by atoms with Gasteiger partial charge < -0.3 is 14.0 Å². The maximum atomic E-state index is 12.5. The third kappa shape index (κ3) is 6.75. The van der Waals surface area contributed by atoms with Crippen molar-refractivity contribution < 1.29 is 22.7 Å². The molecule has 0 aliphatic heterocycles. The summed E-state index contributed by atoms with van der Waals surface area (Å²) in [5, 5.41) is 0. The summed E-state index contributed by atoms with van der Waals surface area (Å²) in [7, 11) is -1.67. The first-order chi connectivity index (χ1) is 15.4. The van der Waals surface area contributed by atoms with E-state index in [1.807, 2.05) is 47.9 Å². The van der Waals surface area contributed by atoms with Crippen LogP contribution in [0, 0.1) is 0 Å². The highest BCUT2D eigenvalue weighted by Gasteiger charge is 2.14. The third-order valence-electron chi connectivity index (χ3n) is 4.85. The maximum Gasteiger partial charge on any atom is 0.248 e. The predicted octanol–water partition coefficient (Wildman–Crippen LogP) is 3.57. The van der Waals surface area contributed by atoms with Gasteiger partial charge in [0.1, 0.15) is 5.75 Å². The van der Waals surface area contributed by atoms with Gasteiger partial charge in [0, 0.05) is 19.6 Å². The van der Waals surface area contributed by atoms with Crippen LogP contribution >= 0.6 is 11.3 Å². The van der Waals surface area contributed by atoms with Crippen LogP contribution in [0.15, 0.2) is 53.5 Å². The molecule has 0 atom stereocenters. The minimum Gasteiger partial charge on any atom is -0.497 e. The summed E-state index contributed by atoms with van der Waals surface area (Å²) in [6.45, 7) is 3.62. The van der Waals surface area contributed by atoms with Gasteiger partial charge in [-0.15, -0.1) is 0 Å². The van der Waals surface area contributed by atoms with E-state index in [0.717, 1.165) is 21.5 Å². The van der Waals surface area contributed by atoms with Gasteiger partial charge in [-0.3, -0.25) is 4.79 Å². The van der Waals surface area contributed by atoms with Crippen molar-refractivity contribution in [3.63, 3.8) is 0 Å². The molecule has 0 N–H and O–H groups in total. The van der Waals surface area contributed by atoms with E-state index in [4.69, 9.17) is 9.47 Å². The fourth-order valence-corrected chi connectivity index (χ4v) is 5.82. The molecule has 0 aliphatic rings. The maximum absolute atomic E-state index is 12.5. The molecule has 3 aromatic rings. The van der Waals surface area contributed by atoms with Gasteiger partial charge in [-0.1, -0.05) is 41.7 Å². The number of fused-ring (bicyclic) bond motifs is 1. The van der Waals surface area contributed by atoms with Crippen LogP contribution < -0.4 is 9.54 Å². The van der Waals surface area contributed by atoms with Crippen LogP contribution in [0.25, 0.3) is 10.2 Å². The van der Waals surface area contributed by atoms with E-state index in [1.165, 1.54) is 11.3 Å². The van der Waals surface area contributed by atoms with E-state index in [-0.39, 0.29) is 30.3 Å². The van der Waals surface area contributed by atoms with Crippen molar-refractivity contribution in [1.82, 2.24) is 4.57 Å². The Balaban J connectivity index is 1.71. The number of sulfone groups is 1. The first kappa shape index (κ1) is 24.2. The topological polar surface area (TPSA) is 87.0 Å². The lowest BCUT2D eigenvalue weighted by atomic mass is 10.2. The van der Waals surface area contributed by atoms with E-state index in [9.17, 15) is 13.2 Å². The molecule has 172 valence electrons. The molecule has 0 radical (unpaired) electrons. The zero-order valence-electron chi connectivity index (χ0n) is 18.3. The number of benzene rings is 2. The summed E-state index contributed by atoms with van der Waals surface area (Å²) in [4.78, 5) is 17.4. The van der Waals surface area contributed by atoms with Crippen molar-refractivity contribution in [1.29, 1.82) is 0 Å². The predicted molar refractivity (Wildman–Crippen MR) is 127 cm³/mol. The SMILES string of the molecule is CCOCCn1c(=NC(=O)CCCS(=O)(=O)Cc2ccccc2)sc2cc(OC)ccc21. The molecule has 0 spiro atoms. The smallest absolute Gasteiger partial charge is 0.248 e. The fraction of sp³-hybridized carbons (Fsp3) is 0.391. The minimum absolute atomic E-state index is 0.0191. The molecule has 7 nitrogen and oxygen atoms in total. The number of rotatable bonds is 11. The van der Waals surface area contributed by atoms with E-state index in [0.29, 0.717) is 24.6 Å². The van der Waals surface area contributed by atoms with Crippen molar-refractivity contribution in [3.05, 3.63) is 58.9 Å². The number of carbonyl (C=O) groups excluding carboxylic acids is 1. The summed E-state index contributed by atoms with van der Waals surface area (Å²) >= 11 is 1.40. The van der Waals surface area contributed by atoms with Gasteiger partial charge in [0.05, 0.1) is 35.4 Å². The number of ether oxygens (including phenoxy) is 2. The van der Waals surface area contributed by atoms with Crippen LogP contribution in [0.4, 0.5) is 0 Å². The van der Waals surface area contributed by atoms with Crippen LogP contribution in [0.5, 0.6) is 5.75 Å². The summed E-state index contributed by atoms with van der Waals surface area (Å²) in [5.41, 5.74) is 1.70. The molecule has 3 rings (SSSR count). The van der Waals surface area contributed by atoms with E-state index >= 15 is 0 Å². The molecule has 0 fully saturated rings. The average Bonchev–Trinajstić information content (AvgIpc) is 3.10. The number of thiazole rings is 1. The summed E-state index contributed by atoms with van der Waals surface area (Å²) < 4.78 is 38.4. The van der Waals surface area contributed by atoms with Crippen LogP contribution in [0.2, 0.25) is 0 Å². The molecule has 9 heteroatoms. The van der Waals surface area contributed by atoms with E-state index < -0.39 is 9.84 Å². The number of methoxy groups -OCH3 is 1. The summed E-state index contributed by atoms with van der Waals surface area (Å²) in [6.07, 6.45) is 0.326. The molecular weight excluding hydrogens is 448 g/mol. The van der Waals surface area contributed by atoms with Gasteiger partial charge in [-0.25, -0.2) is 8.42 Å². The van der Waals surface area contributed by atoms with Crippen LogP contribution in [0.3, 0.4) is 0 Å². The number of hydrogen-bond acceptors (Lipinski definition) is 6. The van der Waals surface area contributed by atoms with Crippen molar-refractivity contribution in [3.8, 4) is 5.75 Å². The van der Waals surface area contributed by atoms with Crippen molar-refractivity contribution in [2.24, 2.45) is 4.99 Å². The molecule has 0 unspecified atom stereocenters. The number of hydrogen-bond donors (Lipinski definition) is 0. The van der Waals surface area contributed by atoms with Crippen LogP contribution in [-0.2, 0) is 31.7 Å². The zero-order valence-corrected chi connectivity index (χ0v) is 20.0. The molecule has 1 heterocycles. The Bertz CT molecular complexity index is 1210.